The summed E-state index contributed by atoms with van der Waals surface area (Å²) in [6, 6.07) is 5.71. The van der Waals surface area contributed by atoms with Crippen LogP contribution in [-0.4, -0.2) is 131 Å². The summed E-state index contributed by atoms with van der Waals surface area (Å²) in [6.07, 6.45) is -3.58. The van der Waals surface area contributed by atoms with E-state index in [-0.39, 0.29) is 29.6 Å². The Morgan fingerprint density at radius 1 is 0.435 bits per heavy atom. The van der Waals surface area contributed by atoms with Gasteiger partial charge in [-0.15, -0.1) is 0 Å². The summed E-state index contributed by atoms with van der Waals surface area (Å²) in [7, 11) is -21.2. The van der Waals surface area contributed by atoms with E-state index in [4.69, 9.17) is 22.7 Å². The van der Waals surface area contributed by atoms with Crippen LogP contribution >= 0.6 is 0 Å². The number of carboxylic acid groups (broad SMARTS) is 3. The topological polar surface area (TPSA) is 410 Å². The van der Waals surface area contributed by atoms with Gasteiger partial charge in [0.15, 0.2) is 6.61 Å². The van der Waals surface area contributed by atoms with E-state index in [1.165, 1.54) is 0 Å². The van der Waals surface area contributed by atoms with Crippen molar-refractivity contribution < 1.29 is 142 Å². The van der Waals surface area contributed by atoms with Crippen molar-refractivity contribution in [2.75, 3.05) is 26.4 Å². The van der Waals surface area contributed by atoms with Gasteiger partial charge < -0.3 is 20.1 Å². The Morgan fingerprint density at radius 2 is 0.623 bits per heavy atom. The van der Waals surface area contributed by atoms with Gasteiger partial charge in [0.2, 0.25) is 0 Å². The number of benzene rings is 4. The van der Waals surface area contributed by atoms with E-state index in [1.807, 2.05) is 0 Å². The van der Waals surface area contributed by atoms with Crippen molar-refractivity contribution in [3.63, 3.8) is 0 Å². The molecule has 8 bridgehead atoms. The molecule has 0 fully saturated rings. The Hall–Kier alpha value is -5.04. The fourth-order valence-electron chi connectivity index (χ4n) is 6.90. The molecule has 31 heteroatoms. The number of hydrogen-bond acceptors (Lipinski definition) is 18. The summed E-state index contributed by atoms with van der Waals surface area (Å²) in [5.41, 5.74) is -1.48. The van der Waals surface area contributed by atoms with E-state index in [2.05, 4.69) is 0 Å². The predicted octanol–water partition coefficient (Wildman–Crippen LogP) is -1.20. The van der Waals surface area contributed by atoms with Crippen molar-refractivity contribution in [2.24, 2.45) is 0 Å². The van der Waals surface area contributed by atoms with E-state index in [0.717, 1.165) is 23.6 Å². The van der Waals surface area contributed by atoms with Gasteiger partial charge in [-0.1, -0.05) is 0 Å². The first-order valence-corrected chi connectivity index (χ1v) is 29.7. The SMILES string of the molecule is C[As](C)(=O)OC(=O)COc1c2cc(S(=O)(=O)O)cc1Cc1cc(S(=O)(=O)O)cc(c1OCC(=O)O)Cc1cc(S(=O)(=O)O)cc(c1OCC(=O)O)Cc1cc(S(=O)(=O)O)cc(c1OCC(=O)O)C2.[Na+]. The van der Waals surface area contributed by atoms with Crippen LogP contribution in [-0.2, 0) is 92.8 Å². The fraction of sp³-hybridized carbons (Fsp3) is 0.263. The summed E-state index contributed by atoms with van der Waals surface area (Å²) >= 11 is -4.24. The number of carbonyl (C=O) groups is 4. The third-order valence-corrected chi connectivity index (χ3v) is 13.9. The molecular weight excluding hydrogens is 1080 g/mol. The minimum Gasteiger partial charge on any atom is 1.00 e. The van der Waals surface area contributed by atoms with Gasteiger partial charge in [0.1, 0.15) is 5.75 Å². The Kier molecular flexibility index (Phi) is 17.6. The molecule has 1 aliphatic rings. The maximum absolute atomic E-state index is 12.9. The molecule has 0 aromatic heterocycles. The largest absolute Gasteiger partial charge is 1.00 e. The smallest absolute Gasteiger partial charge is 1.00 e. The quantitative estimate of drug-likeness (QED) is 0.0425. The number of rotatable bonds is 17. The molecule has 0 aliphatic heterocycles. The molecule has 25 nitrogen and oxygen atoms in total. The summed E-state index contributed by atoms with van der Waals surface area (Å²) in [5, 5.41) is 29.0. The minimum absolute atomic E-state index is 0. The molecule has 5 rings (SSSR count). The third kappa shape index (κ3) is 15.2. The van der Waals surface area contributed by atoms with Gasteiger partial charge in [-0.2, -0.15) is 8.42 Å². The average molecular weight is 1120 g/mol. The zero-order valence-electron chi connectivity index (χ0n) is 35.8. The predicted molar refractivity (Wildman–Crippen MR) is 225 cm³/mol. The van der Waals surface area contributed by atoms with Crippen LogP contribution in [0.5, 0.6) is 23.0 Å². The zero-order valence-corrected chi connectivity index (χ0v) is 43.0. The molecule has 0 atom stereocenters. The van der Waals surface area contributed by atoms with Crippen molar-refractivity contribution in [2.45, 2.75) is 56.7 Å². The second-order valence-corrected chi connectivity index (χ2v) is 26.3. The first-order chi connectivity index (χ1) is 31.2. The maximum Gasteiger partial charge on any atom is 1.00 e. The molecule has 0 saturated carbocycles. The molecule has 0 radical (unpaired) electrons. The van der Waals surface area contributed by atoms with Crippen LogP contribution < -0.4 is 48.5 Å². The van der Waals surface area contributed by atoms with Crippen molar-refractivity contribution in [1.82, 2.24) is 0 Å². The van der Waals surface area contributed by atoms with Gasteiger partial charge in [-0.05, 0) is 12.1 Å². The van der Waals surface area contributed by atoms with Crippen LogP contribution in [0.1, 0.15) is 44.5 Å². The standard InChI is InChI=1S/C38H37AsO25S4.Na/c1-39(2,47)64-34(46)18-63-38-25-5-23-11-28(66(51,52)53)9-21(36(23)61-16-32(42)43)3-19-7-27(65(48,49)50)8-20(35(19)60-15-31(40)41)4-22-10-29(67(54,55)56)12-24(37(22)62-17-33(44)45)6-26(38)14-30(13-25)68(57,58)59;/h7-14H,3-6,15-18H2,1-2H3,(H,40,41)(H,42,43)(H,44,45)(H,48,49,50)(H,51,52,53)(H,54,55,56)(H,57,58,59);/q;+1. The van der Waals surface area contributed by atoms with Crippen LogP contribution in [0.3, 0.4) is 0 Å². The zero-order chi connectivity index (χ0) is 50.9. The maximum atomic E-state index is 12.9. The molecule has 1 aliphatic carbocycles. The number of carbonyl (C=O) groups excluding carboxylic acids is 1. The normalized spacial score (nSPS) is 13.0. The Morgan fingerprint density at radius 3 is 0.783 bits per heavy atom. The second-order valence-electron chi connectivity index (χ2n) is 14.9. The molecule has 0 amide bonds. The van der Waals surface area contributed by atoms with E-state index in [1.54, 1.807) is 0 Å². The van der Waals surface area contributed by atoms with Crippen molar-refractivity contribution >= 4 is 78.2 Å². The fourth-order valence-corrected chi connectivity index (χ4v) is 10.4. The van der Waals surface area contributed by atoms with Gasteiger partial charge in [-0.25, -0.2) is 14.4 Å². The molecule has 0 spiro atoms. The Balaban J connectivity index is 0.0000104. The van der Waals surface area contributed by atoms with E-state index in [9.17, 15) is 90.1 Å². The van der Waals surface area contributed by atoms with Crippen LogP contribution in [0, 0.1) is 0 Å². The van der Waals surface area contributed by atoms with E-state index >= 15 is 0 Å². The van der Waals surface area contributed by atoms with Gasteiger partial charge >= 0.3 is 333 Å². The van der Waals surface area contributed by atoms with Gasteiger partial charge in [0.05, 0.1) is 4.90 Å². The van der Waals surface area contributed by atoms with Crippen LogP contribution in [0.15, 0.2) is 68.1 Å². The molecule has 7 N–H and O–H groups in total. The van der Waals surface area contributed by atoms with E-state index in [0.29, 0.717) is 36.4 Å². The van der Waals surface area contributed by atoms with E-state index < -0.39 is 217 Å². The summed E-state index contributed by atoms with van der Waals surface area (Å²) < 4.78 is 184. The summed E-state index contributed by atoms with van der Waals surface area (Å²) in [4.78, 5) is 44.8. The summed E-state index contributed by atoms with van der Waals surface area (Å²) in [6.45, 7) is -4.76. The minimum atomic E-state index is -5.31. The van der Waals surface area contributed by atoms with Crippen molar-refractivity contribution in [3.05, 3.63) is 93.0 Å². The second kappa shape index (κ2) is 21.5. The van der Waals surface area contributed by atoms with Gasteiger partial charge in [0.25, 0.3) is 10.1 Å². The number of aliphatic carboxylic acids is 3. The van der Waals surface area contributed by atoms with Crippen LogP contribution in [0.25, 0.3) is 0 Å². The number of fused-ring (bicyclic) bond motifs is 8. The first-order valence-electron chi connectivity index (χ1n) is 18.7. The molecule has 0 heterocycles. The summed E-state index contributed by atoms with van der Waals surface area (Å²) in [5.74, 6) is -8.47. The van der Waals surface area contributed by atoms with Crippen LogP contribution in [0.2, 0.25) is 11.4 Å². The van der Waals surface area contributed by atoms with Crippen molar-refractivity contribution in [3.8, 4) is 23.0 Å². The molecule has 368 valence electrons. The molecule has 0 saturated heterocycles. The van der Waals surface area contributed by atoms with Crippen molar-refractivity contribution in [1.29, 1.82) is 0 Å². The molecule has 0 unspecified atom stereocenters. The number of carboxylic acids is 3. The number of ether oxygens (including phenoxy) is 4. The molecule has 4 aromatic carbocycles. The molecule has 69 heavy (non-hydrogen) atoms. The molecular formula is C38H37AsNaO25S4+. The average Bonchev–Trinajstić information content (AvgIpc) is 3.16. The molecule has 4 aromatic rings. The Labute approximate surface area is 416 Å². The van der Waals surface area contributed by atoms with Gasteiger partial charge in [0, 0.05) is 0 Å². The van der Waals surface area contributed by atoms with Gasteiger partial charge in [-0.3, -0.25) is 4.55 Å². The number of hydrogen-bond donors (Lipinski definition) is 7. The first kappa shape index (κ1) is 56.5. The monoisotopic (exact) mass is 1120 g/mol. The third-order valence-electron chi connectivity index (χ3n) is 9.26. The van der Waals surface area contributed by atoms with Crippen LogP contribution in [0.4, 0.5) is 0 Å². The Bertz CT molecular complexity index is 3120.